The molecule has 0 bridgehead atoms. The number of esters is 1. The lowest BCUT2D eigenvalue weighted by Crippen LogP contribution is -2.47. The van der Waals surface area contributed by atoms with Crippen molar-refractivity contribution in [3.05, 3.63) is 35.9 Å². The van der Waals surface area contributed by atoms with E-state index in [1.54, 1.807) is 11.8 Å². The number of hydrogen-bond acceptors (Lipinski definition) is 5. The average Bonchev–Trinajstić information content (AvgIpc) is 3.23. The number of nitrogens with zero attached hydrogens (tertiary/aromatic N) is 1. The fourth-order valence-electron chi connectivity index (χ4n) is 3.68. The molecule has 29 heavy (non-hydrogen) atoms. The first-order valence-electron chi connectivity index (χ1n) is 10.3. The molecule has 1 heterocycles. The summed E-state index contributed by atoms with van der Waals surface area (Å²) >= 11 is 0. The minimum Gasteiger partial charge on any atom is -0.467 e. The van der Waals surface area contributed by atoms with Crippen molar-refractivity contribution in [3.63, 3.8) is 0 Å². The predicted molar refractivity (Wildman–Crippen MR) is 108 cm³/mol. The molecule has 7 nitrogen and oxygen atoms in total. The highest BCUT2D eigenvalue weighted by Crippen LogP contribution is 2.27. The number of rotatable bonds is 10. The van der Waals surface area contributed by atoms with Crippen LogP contribution in [0.3, 0.4) is 0 Å². The summed E-state index contributed by atoms with van der Waals surface area (Å²) < 4.78 is 4.85. The maximum Gasteiger partial charge on any atom is 0.328 e. The highest BCUT2D eigenvalue weighted by atomic mass is 16.6. The van der Waals surface area contributed by atoms with Crippen LogP contribution in [0.25, 0.3) is 0 Å². The van der Waals surface area contributed by atoms with Gasteiger partial charge in [-0.05, 0) is 24.8 Å². The minimum atomic E-state index is -0.566. The Hall–Kier alpha value is -2.41. The van der Waals surface area contributed by atoms with E-state index in [0.717, 1.165) is 24.8 Å². The molecule has 1 N–H and O–H groups in total. The van der Waals surface area contributed by atoms with E-state index in [4.69, 9.17) is 9.57 Å². The summed E-state index contributed by atoms with van der Waals surface area (Å²) in [5.41, 5.74) is 3.42. The van der Waals surface area contributed by atoms with Gasteiger partial charge in [0, 0.05) is 18.4 Å². The number of methoxy groups -OCH3 is 1. The molecule has 3 atom stereocenters. The van der Waals surface area contributed by atoms with Gasteiger partial charge in [0.2, 0.25) is 11.8 Å². The fraction of sp³-hybridized carbons (Fsp3) is 0.591. The largest absolute Gasteiger partial charge is 0.467 e. The Kier molecular flexibility index (Phi) is 9.12. The van der Waals surface area contributed by atoms with E-state index in [9.17, 15) is 14.4 Å². The van der Waals surface area contributed by atoms with Crippen molar-refractivity contribution >= 4 is 17.8 Å². The van der Waals surface area contributed by atoms with Gasteiger partial charge < -0.3 is 9.64 Å². The number of unbranched alkanes of at least 4 members (excludes halogenated alkanes) is 1. The molecule has 2 amide bonds. The lowest BCUT2D eigenvalue weighted by atomic mass is 9.87. The van der Waals surface area contributed by atoms with Gasteiger partial charge in [-0.2, -0.15) is 0 Å². The van der Waals surface area contributed by atoms with Gasteiger partial charge in [-0.3, -0.25) is 14.4 Å². The topological polar surface area (TPSA) is 84.9 Å². The maximum absolute atomic E-state index is 13.2. The lowest BCUT2D eigenvalue weighted by molar-refractivity contribution is -0.155. The smallest absolute Gasteiger partial charge is 0.328 e. The van der Waals surface area contributed by atoms with Crippen LogP contribution in [0.4, 0.5) is 0 Å². The molecule has 0 unspecified atom stereocenters. The lowest BCUT2D eigenvalue weighted by Gasteiger charge is -2.30. The molecule has 7 heteroatoms. The second-order valence-electron chi connectivity index (χ2n) is 7.49. The highest BCUT2D eigenvalue weighted by molar-refractivity contribution is 5.90. The Balaban J connectivity index is 2.00. The first kappa shape index (κ1) is 22.9. The van der Waals surface area contributed by atoms with Crippen molar-refractivity contribution < 1.29 is 24.0 Å². The Labute approximate surface area is 172 Å². The Morgan fingerprint density at radius 1 is 1.24 bits per heavy atom. The molecule has 160 valence electrons. The van der Waals surface area contributed by atoms with Gasteiger partial charge >= 0.3 is 5.97 Å². The zero-order valence-corrected chi connectivity index (χ0v) is 17.6. The fourth-order valence-corrected chi connectivity index (χ4v) is 3.68. The molecule has 0 aromatic heterocycles. The number of carbonyl (C=O) groups excluding carboxylic acids is 3. The van der Waals surface area contributed by atoms with Crippen molar-refractivity contribution in [3.8, 4) is 0 Å². The second kappa shape index (κ2) is 11.6. The van der Waals surface area contributed by atoms with E-state index < -0.39 is 23.8 Å². The van der Waals surface area contributed by atoms with E-state index in [-0.39, 0.29) is 18.4 Å². The molecule has 0 saturated carbocycles. The first-order valence-corrected chi connectivity index (χ1v) is 10.3. The van der Waals surface area contributed by atoms with Crippen LogP contribution in [0.1, 0.15) is 51.5 Å². The third kappa shape index (κ3) is 6.29. The van der Waals surface area contributed by atoms with E-state index >= 15 is 0 Å². The summed E-state index contributed by atoms with van der Waals surface area (Å²) in [6, 6.07) is 8.97. The highest BCUT2D eigenvalue weighted by Gasteiger charge is 2.40. The van der Waals surface area contributed by atoms with E-state index in [0.29, 0.717) is 19.4 Å². The number of ether oxygens (including phenoxy) is 1. The van der Waals surface area contributed by atoms with Gasteiger partial charge in [0.1, 0.15) is 6.04 Å². The molecule has 0 radical (unpaired) electrons. The molecule has 1 saturated heterocycles. The molecular weight excluding hydrogens is 372 g/mol. The quantitative estimate of drug-likeness (QED) is 0.479. The minimum absolute atomic E-state index is 0.156. The summed E-state index contributed by atoms with van der Waals surface area (Å²) in [5, 5.41) is 0. The molecule has 1 aliphatic heterocycles. The van der Waals surface area contributed by atoms with Crippen LogP contribution in [-0.4, -0.2) is 42.4 Å². The standard InChI is InChI=1S/C22H32N2O5/c1-4-5-12-18(21(26)24-14-9-13-19(24)22(27)28-3)16(2)20(25)23-29-15-17-10-7-6-8-11-17/h6-8,10-11,16,18-19H,4-5,9,12-15H2,1-3H3,(H,23,25)/t16-,18+,19-/m0/s1. The number of nitrogens with one attached hydrogen (secondary N) is 1. The van der Waals surface area contributed by atoms with E-state index in [2.05, 4.69) is 5.48 Å². The summed E-state index contributed by atoms with van der Waals surface area (Å²) in [6.45, 7) is 4.55. The molecule has 1 aromatic rings. The summed E-state index contributed by atoms with van der Waals surface area (Å²) in [5.74, 6) is -1.95. The van der Waals surface area contributed by atoms with Crippen molar-refractivity contribution in [2.75, 3.05) is 13.7 Å². The predicted octanol–water partition coefficient (Wildman–Crippen LogP) is 2.84. The van der Waals surface area contributed by atoms with Gasteiger partial charge in [0.25, 0.3) is 0 Å². The van der Waals surface area contributed by atoms with Gasteiger partial charge in [-0.25, -0.2) is 10.3 Å². The summed E-state index contributed by atoms with van der Waals surface area (Å²) in [6.07, 6.45) is 3.69. The molecule has 2 rings (SSSR count). The van der Waals surface area contributed by atoms with Crippen molar-refractivity contribution in [1.82, 2.24) is 10.4 Å². The second-order valence-corrected chi connectivity index (χ2v) is 7.49. The summed E-state index contributed by atoms with van der Waals surface area (Å²) in [7, 11) is 1.33. The number of hydrogen-bond donors (Lipinski definition) is 1. The third-order valence-corrected chi connectivity index (χ3v) is 5.47. The van der Waals surface area contributed by atoms with Crippen LogP contribution in [0.15, 0.2) is 30.3 Å². The van der Waals surface area contributed by atoms with Gasteiger partial charge in [-0.1, -0.05) is 57.0 Å². The van der Waals surface area contributed by atoms with Crippen LogP contribution in [0.2, 0.25) is 0 Å². The maximum atomic E-state index is 13.2. The number of carbonyl (C=O) groups is 3. The first-order chi connectivity index (χ1) is 14.0. The molecule has 0 spiro atoms. The van der Waals surface area contributed by atoms with Crippen molar-refractivity contribution in [2.45, 2.75) is 58.6 Å². The van der Waals surface area contributed by atoms with Crippen LogP contribution in [0.5, 0.6) is 0 Å². The molecule has 0 aliphatic carbocycles. The zero-order chi connectivity index (χ0) is 21.2. The van der Waals surface area contributed by atoms with E-state index in [1.165, 1.54) is 7.11 Å². The van der Waals surface area contributed by atoms with Gasteiger partial charge in [-0.15, -0.1) is 0 Å². The average molecular weight is 405 g/mol. The zero-order valence-electron chi connectivity index (χ0n) is 17.6. The normalized spacial score (nSPS) is 18.2. The number of benzene rings is 1. The van der Waals surface area contributed by atoms with Crippen LogP contribution >= 0.6 is 0 Å². The van der Waals surface area contributed by atoms with Crippen molar-refractivity contribution in [2.24, 2.45) is 11.8 Å². The van der Waals surface area contributed by atoms with Gasteiger partial charge in [0.15, 0.2) is 0 Å². The Bertz CT molecular complexity index is 679. The van der Waals surface area contributed by atoms with E-state index in [1.807, 2.05) is 37.3 Å². The van der Waals surface area contributed by atoms with Crippen LogP contribution < -0.4 is 5.48 Å². The van der Waals surface area contributed by atoms with Crippen LogP contribution in [-0.2, 0) is 30.6 Å². The molecule has 1 aromatic carbocycles. The Morgan fingerprint density at radius 2 is 1.97 bits per heavy atom. The monoisotopic (exact) mass is 404 g/mol. The SMILES string of the molecule is CCCC[C@@H](C(=O)N1CCC[C@H]1C(=O)OC)[C@H](C)C(=O)NOCc1ccccc1. The number of likely N-dealkylation sites (tertiary alicyclic amines) is 1. The molecule has 1 aliphatic rings. The van der Waals surface area contributed by atoms with Gasteiger partial charge in [0.05, 0.1) is 13.7 Å². The molecule has 1 fully saturated rings. The van der Waals surface area contributed by atoms with Crippen LogP contribution in [0, 0.1) is 11.8 Å². The molecular formula is C22H32N2O5. The number of amides is 2. The summed E-state index contributed by atoms with van der Waals surface area (Å²) in [4.78, 5) is 44.8. The van der Waals surface area contributed by atoms with Crippen molar-refractivity contribution in [1.29, 1.82) is 0 Å². The number of hydroxylamine groups is 1. The Morgan fingerprint density at radius 3 is 2.62 bits per heavy atom. The third-order valence-electron chi connectivity index (χ3n) is 5.47.